The Morgan fingerprint density at radius 3 is 1.04 bits per heavy atom. The minimum absolute atomic E-state index is 0.106. The first kappa shape index (κ1) is 34.0. The van der Waals surface area contributed by atoms with Gasteiger partial charge in [0.15, 0.2) is 7.14 Å². The van der Waals surface area contributed by atoms with Crippen LogP contribution < -0.4 is 31.8 Å². The molecule has 0 aromatic heterocycles. The third-order valence-electron chi connectivity index (χ3n) is 7.55. The molecule has 0 saturated carbocycles. The Kier molecular flexibility index (Phi) is 13.2. The summed E-state index contributed by atoms with van der Waals surface area (Å²) in [4.78, 5) is 0. The van der Waals surface area contributed by atoms with Gasteiger partial charge in [-0.15, -0.1) is 0 Å². The van der Waals surface area contributed by atoms with Crippen molar-refractivity contribution in [3.63, 3.8) is 0 Å². The van der Waals surface area contributed by atoms with E-state index in [9.17, 15) is 0 Å². The van der Waals surface area contributed by atoms with Crippen LogP contribution in [0.4, 0.5) is 0 Å². The predicted octanol–water partition coefficient (Wildman–Crippen LogP) is 8.97. The van der Waals surface area contributed by atoms with Crippen molar-refractivity contribution < 1.29 is 20.5 Å². The van der Waals surface area contributed by atoms with Gasteiger partial charge < -0.3 is 4.57 Å². The predicted molar refractivity (Wildman–Crippen MR) is 198 cm³/mol. The van der Waals surface area contributed by atoms with E-state index in [0.717, 1.165) is 16.8 Å². The van der Waals surface area contributed by atoms with Crippen LogP contribution in [-0.4, -0.2) is 11.6 Å². The number of hydrogen-bond donors (Lipinski definition) is 0. The van der Waals surface area contributed by atoms with Crippen LogP contribution in [-0.2, 0) is 20.5 Å². The Labute approximate surface area is 286 Å². The first-order valence-corrected chi connectivity index (χ1v) is 23.2. The average Bonchev–Trinajstić information content (AvgIpc) is 3.12. The molecule has 7 heteroatoms. The van der Waals surface area contributed by atoms with E-state index in [1.807, 2.05) is 36.4 Å². The summed E-state index contributed by atoms with van der Waals surface area (Å²) in [5.41, 5.74) is 0. The summed E-state index contributed by atoms with van der Waals surface area (Å²) in [5, 5.41) is 6.86. The van der Waals surface area contributed by atoms with Gasteiger partial charge in [0.2, 0.25) is 0 Å². The van der Waals surface area contributed by atoms with E-state index in [4.69, 9.17) is 19.1 Å². The molecule has 0 bridgehead atoms. The van der Waals surface area contributed by atoms with Crippen LogP contribution in [0, 0.1) is 0 Å². The second-order valence-corrected chi connectivity index (χ2v) is 20.6. The monoisotopic (exact) mass is 774 g/mol. The molecular weight excluding hydrogens is 743 g/mol. The molecule has 6 aromatic rings. The van der Waals surface area contributed by atoms with E-state index >= 15 is 4.57 Å². The molecule has 6 aromatic carbocycles. The van der Waals surface area contributed by atoms with Crippen molar-refractivity contribution in [1.29, 1.82) is 0 Å². The maximum absolute atomic E-state index is 16.3. The van der Waals surface area contributed by atoms with Gasteiger partial charge in [-0.1, -0.05) is 182 Å². The zero-order chi connectivity index (χ0) is 31.3. The van der Waals surface area contributed by atoms with Crippen molar-refractivity contribution in [1.82, 2.24) is 0 Å². The van der Waals surface area contributed by atoms with Crippen LogP contribution in [0.2, 0.25) is 0 Å². The van der Waals surface area contributed by atoms with Crippen LogP contribution in [0.25, 0.3) is 0 Å². The van der Waals surface area contributed by atoms with E-state index in [0.29, 0.717) is 0 Å². The van der Waals surface area contributed by atoms with Gasteiger partial charge in [0.05, 0.1) is 5.40 Å². The Morgan fingerprint density at radius 2 is 0.733 bits per heavy atom. The fourth-order valence-electron chi connectivity index (χ4n) is 5.56. The van der Waals surface area contributed by atoms with Gasteiger partial charge in [0.25, 0.3) is 0 Å². The van der Waals surface area contributed by atoms with Gasteiger partial charge in [-0.05, 0) is 43.2 Å². The molecule has 0 radical (unpaired) electrons. The van der Waals surface area contributed by atoms with Crippen molar-refractivity contribution >= 4 is 73.9 Å². The van der Waals surface area contributed by atoms with Crippen LogP contribution in [0.15, 0.2) is 182 Å². The van der Waals surface area contributed by atoms with E-state index in [1.54, 1.807) is 0 Å². The summed E-state index contributed by atoms with van der Waals surface area (Å²) < 4.78 is 16.3. The number of benzene rings is 6. The number of halogens is 2. The summed E-state index contributed by atoms with van der Waals surface area (Å²) in [6.45, 7) is 0. The molecule has 0 aliphatic carbocycles. The summed E-state index contributed by atoms with van der Waals surface area (Å²) in [7, 11) is 4.64. The second kappa shape index (κ2) is 17.5. The quantitative estimate of drug-likeness (QED) is 0.100. The zero-order valence-electron chi connectivity index (χ0n) is 24.4. The fraction of sp³-hybridized carbons (Fsp3) is 0.0526. The van der Waals surface area contributed by atoms with E-state index in [1.165, 1.54) is 21.2 Å². The third-order valence-corrected chi connectivity index (χ3v) is 18.0. The Hall–Kier alpha value is -2.35. The SMILES string of the molecule is O=P(c1ccccc1)(c1ccccc1)[C@H](CP(c1ccccc1)c1ccccc1)P(c1ccccc1)c1ccccc1.[Cl][Pd][Cl]. The molecule has 1 nitrogen and oxygen atoms in total. The van der Waals surface area contributed by atoms with Crippen molar-refractivity contribution in [2.24, 2.45) is 0 Å². The molecule has 1 atom stereocenters. The molecule has 0 spiro atoms. The fourth-order valence-corrected chi connectivity index (χ4v) is 17.3. The summed E-state index contributed by atoms with van der Waals surface area (Å²) in [6, 6.07) is 63.8. The standard InChI is InChI=1S/C38H33OP3.2ClH.Pd/c39-42(36-27-15-5-16-28-36,37-29-17-6-18-30-37)38(41(34-23-11-3-12-24-34)35-25-13-4-14-26-35)31-40(32-19-7-1-8-20-32)33-21-9-2-10-22-33;;;/h1-30,38H,31H2;2*1H;/q;;;+2/p-2/t38-;;;/m1.../s1. The van der Waals surface area contributed by atoms with E-state index in [2.05, 4.69) is 146 Å². The van der Waals surface area contributed by atoms with E-state index in [-0.39, 0.29) is 21.3 Å². The molecule has 45 heavy (non-hydrogen) atoms. The molecule has 0 aliphatic rings. The zero-order valence-corrected chi connectivity index (χ0v) is 30.2. The summed E-state index contributed by atoms with van der Waals surface area (Å²) >= 11 is -0.106. The topological polar surface area (TPSA) is 17.1 Å². The first-order valence-electron chi connectivity index (χ1n) is 14.5. The first-order chi connectivity index (χ1) is 22.2. The maximum atomic E-state index is 16.3. The van der Waals surface area contributed by atoms with Crippen LogP contribution >= 0.6 is 42.0 Å². The minimum atomic E-state index is -3.17. The summed E-state index contributed by atoms with van der Waals surface area (Å²) in [5.74, 6) is 0. The van der Waals surface area contributed by atoms with Crippen molar-refractivity contribution in [2.75, 3.05) is 6.16 Å². The molecule has 0 fully saturated rings. The van der Waals surface area contributed by atoms with Crippen molar-refractivity contribution in [3.8, 4) is 0 Å². The summed E-state index contributed by atoms with van der Waals surface area (Å²) in [6.07, 6.45) is 0.805. The molecule has 6 rings (SSSR count). The number of rotatable bonds is 10. The van der Waals surface area contributed by atoms with Crippen molar-refractivity contribution in [3.05, 3.63) is 182 Å². The second-order valence-electron chi connectivity index (χ2n) is 10.2. The molecular formula is C38H33Cl2OP3Pd. The Bertz CT molecular complexity index is 1630. The van der Waals surface area contributed by atoms with Gasteiger partial charge in [-0.2, -0.15) is 0 Å². The normalized spacial score (nSPS) is 12.0. The Balaban J connectivity index is 0.00000128. The van der Waals surface area contributed by atoms with E-state index < -0.39 is 23.0 Å². The third kappa shape index (κ3) is 8.52. The van der Waals surface area contributed by atoms with Crippen LogP contribution in [0.3, 0.4) is 0 Å². The van der Waals surface area contributed by atoms with Gasteiger partial charge in [-0.25, -0.2) is 0 Å². The van der Waals surface area contributed by atoms with Crippen molar-refractivity contribution in [2.45, 2.75) is 5.40 Å². The van der Waals surface area contributed by atoms with Gasteiger partial charge in [0, 0.05) is 10.6 Å². The molecule has 0 aliphatic heterocycles. The van der Waals surface area contributed by atoms with Crippen LogP contribution in [0.1, 0.15) is 0 Å². The van der Waals surface area contributed by atoms with Crippen LogP contribution in [0.5, 0.6) is 0 Å². The Morgan fingerprint density at radius 1 is 0.467 bits per heavy atom. The molecule has 0 heterocycles. The molecule has 0 N–H and O–H groups in total. The molecule has 0 saturated heterocycles. The van der Waals surface area contributed by atoms with Gasteiger partial charge >= 0.3 is 35.0 Å². The average molecular weight is 776 g/mol. The molecule has 0 unspecified atom stereocenters. The molecule has 0 amide bonds. The molecule has 230 valence electrons. The van der Waals surface area contributed by atoms with Gasteiger partial charge in [-0.3, -0.25) is 0 Å². The number of hydrogen-bond acceptors (Lipinski definition) is 1. The van der Waals surface area contributed by atoms with Gasteiger partial charge in [0.1, 0.15) is 0 Å².